The molecule has 0 bridgehead atoms. The minimum absolute atomic E-state index is 0.174. The quantitative estimate of drug-likeness (QED) is 0.903. The van der Waals surface area contributed by atoms with Gasteiger partial charge in [-0.2, -0.15) is 5.26 Å². The van der Waals surface area contributed by atoms with Crippen molar-refractivity contribution < 1.29 is 4.39 Å². The van der Waals surface area contributed by atoms with Crippen molar-refractivity contribution in [2.45, 2.75) is 6.92 Å². The summed E-state index contributed by atoms with van der Waals surface area (Å²) in [5.41, 5.74) is 1.05. The summed E-state index contributed by atoms with van der Waals surface area (Å²) in [5.74, 6) is -0.334. The third-order valence-electron chi connectivity index (χ3n) is 2.15. The highest BCUT2D eigenvalue weighted by molar-refractivity contribution is 6.30. The number of nitriles is 1. The smallest absolute Gasteiger partial charge is 0.228 e. The molecular weight excluding hydrogens is 255 g/mol. The Balaban J connectivity index is 2.34. The van der Waals surface area contributed by atoms with Gasteiger partial charge in [-0.25, -0.2) is 14.4 Å². The fraction of sp³-hybridized carbons (Fsp3) is 0.0833. The molecule has 18 heavy (non-hydrogen) atoms. The SMILES string of the molecule is Cc1cc(C#N)nc(Nc2ccc(Cl)cc2F)n1. The lowest BCUT2D eigenvalue weighted by Crippen LogP contribution is -2.01. The number of rotatable bonds is 2. The summed E-state index contributed by atoms with van der Waals surface area (Å²) in [6, 6.07) is 7.67. The minimum Gasteiger partial charge on any atom is -0.322 e. The summed E-state index contributed by atoms with van der Waals surface area (Å²) in [6.45, 7) is 1.73. The molecule has 0 spiro atoms. The first kappa shape index (κ1) is 12.3. The van der Waals surface area contributed by atoms with E-state index in [1.165, 1.54) is 12.1 Å². The first-order valence-electron chi connectivity index (χ1n) is 5.06. The predicted molar refractivity (Wildman–Crippen MR) is 66.2 cm³/mol. The average molecular weight is 263 g/mol. The first-order valence-corrected chi connectivity index (χ1v) is 5.44. The second kappa shape index (κ2) is 4.98. The van der Waals surface area contributed by atoms with E-state index in [1.807, 2.05) is 6.07 Å². The van der Waals surface area contributed by atoms with Crippen molar-refractivity contribution in [3.63, 3.8) is 0 Å². The van der Waals surface area contributed by atoms with Gasteiger partial charge in [0.2, 0.25) is 5.95 Å². The number of hydrogen-bond donors (Lipinski definition) is 1. The van der Waals surface area contributed by atoms with Gasteiger partial charge in [0.05, 0.1) is 5.69 Å². The van der Waals surface area contributed by atoms with Crippen LogP contribution in [0.3, 0.4) is 0 Å². The molecule has 1 heterocycles. The topological polar surface area (TPSA) is 61.6 Å². The van der Waals surface area contributed by atoms with Crippen LogP contribution in [0.2, 0.25) is 5.02 Å². The van der Waals surface area contributed by atoms with Crippen molar-refractivity contribution in [3.05, 3.63) is 46.5 Å². The second-order valence-corrected chi connectivity index (χ2v) is 4.02. The zero-order valence-corrected chi connectivity index (χ0v) is 10.2. The first-order chi connectivity index (χ1) is 8.58. The van der Waals surface area contributed by atoms with Crippen LogP contribution >= 0.6 is 11.6 Å². The van der Waals surface area contributed by atoms with Crippen LogP contribution < -0.4 is 5.32 Å². The maximum Gasteiger partial charge on any atom is 0.228 e. The van der Waals surface area contributed by atoms with Gasteiger partial charge in [0.25, 0.3) is 0 Å². The molecule has 0 amide bonds. The van der Waals surface area contributed by atoms with Crippen molar-refractivity contribution in [2.75, 3.05) is 5.32 Å². The molecule has 1 N–H and O–H groups in total. The number of nitrogens with zero attached hydrogens (tertiary/aromatic N) is 3. The summed E-state index contributed by atoms with van der Waals surface area (Å²) >= 11 is 5.65. The van der Waals surface area contributed by atoms with Crippen LogP contribution in [0.15, 0.2) is 24.3 Å². The minimum atomic E-state index is -0.508. The predicted octanol–water partition coefficient (Wildman–Crippen LogP) is 3.19. The van der Waals surface area contributed by atoms with E-state index in [0.717, 1.165) is 0 Å². The second-order valence-electron chi connectivity index (χ2n) is 3.58. The molecule has 0 aliphatic heterocycles. The van der Waals surface area contributed by atoms with Gasteiger partial charge in [-0.3, -0.25) is 0 Å². The molecule has 6 heteroatoms. The fourth-order valence-electron chi connectivity index (χ4n) is 1.39. The van der Waals surface area contributed by atoms with Crippen molar-refractivity contribution in [1.82, 2.24) is 9.97 Å². The van der Waals surface area contributed by atoms with Crippen LogP contribution in [0.25, 0.3) is 0 Å². The Labute approximate surface area is 108 Å². The highest BCUT2D eigenvalue weighted by Gasteiger charge is 2.06. The maximum absolute atomic E-state index is 13.6. The van der Waals surface area contributed by atoms with Crippen molar-refractivity contribution in [2.24, 2.45) is 0 Å². The summed E-state index contributed by atoms with van der Waals surface area (Å²) in [7, 11) is 0. The molecular formula is C12H8ClFN4. The van der Waals surface area contributed by atoms with Gasteiger partial charge in [0.1, 0.15) is 17.6 Å². The van der Waals surface area contributed by atoms with E-state index in [9.17, 15) is 4.39 Å². The van der Waals surface area contributed by atoms with E-state index in [0.29, 0.717) is 10.7 Å². The van der Waals surface area contributed by atoms with E-state index in [1.54, 1.807) is 19.1 Å². The van der Waals surface area contributed by atoms with Gasteiger partial charge in [-0.1, -0.05) is 11.6 Å². The Morgan fingerprint density at radius 1 is 1.33 bits per heavy atom. The van der Waals surface area contributed by atoms with Gasteiger partial charge in [0.15, 0.2) is 0 Å². The molecule has 4 nitrogen and oxygen atoms in total. The van der Waals surface area contributed by atoms with Gasteiger partial charge in [0, 0.05) is 10.7 Å². The molecule has 2 aromatic rings. The molecule has 0 fully saturated rings. The standard InChI is InChI=1S/C12H8ClFN4/c1-7-4-9(6-15)17-12(16-7)18-11-3-2-8(13)5-10(11)14/h2-5H,1H3,(H,16,17,18). The van der Waals surface area contributed by atoms with Crippen LogP contribution in [0.4, 0.5) is 16.0 Å². The Morgan fingerprint density at radius 2 is 2.11 bits per heavy atom. The molecule has 0 aliphatic carbocycles. The van der Waals surface area contributed by atoms with Crippen LogP contribution in [-0.2, 0) is 0 Å². The molecule has 0 atom stereocenters. The normalized spacial score (nSPS) is 9.89. The Kier molecular flexibility index (Phi) is 3.40. The zero-order chi connectivity index (χ0) is 13.1. The molecule has 0 unspecified atom stereocenters. The zero-order valence-electron chi connectivity index (χ0n) is 9.41. The van der Waals surface area contributed by atoms with Crippen molar-refractivity contribution in [1.29, 1.82) is 5.26 Å². The van der Waals surface area contributed by atoms with E-state index < -0.39 is 5.82 Å². The van der Waals surface area contributed by atoms with Crippen LogP contribution in [0.1, 0.15) is 11.4 Å². The number of halogens is 2. The molecule has 90 valence electrons. The van der Waals surface area contributed by atoms with E-state index in [-0.39, 0.29) is 17.3 Å². The highest BCUT2D eigenvalue weighted by Crippen LogP contribution is 2.21. The molecule has 0 radical (unpaired) electrons. The third kappa shape index (κ3) is 2.73. The van der Waals surface area contributed by atoms with Gasteiger partial charge < -0.3 is 5.32 Å². The van der Waals surface area contributed by atoms with E-state index >= 15 is 0 Å². The summed E-state index contributed by atoms with van der Waals surface area (Å²) < 4.78 is 13.6. The number of benzene rings is 1. The molecule has 0 aliphatic rings. The van der Waals surface area contributed by atoms with Crippen LogP contribution in [0.5, 0.6) is 0 Å². The Bertz CT molecular complexity index is 636. The van der Waals surface area contributed by atoms with Crippen molar-refractivity contribution in [3.8, 4) is 6.07 Å². The van der Waals surface area contributed by atoms with Crippen molar-refractivity contribution >= 4 is 23.2 Å². The molecule has 1 aromatic heterocycles. The Hall–Kier alpha value is -2.19. The lowest BCUT2D eigenvalue weighted by Gasteiger charge is -2.07. The third-order valence-corrected chi connectivity index (χ3v) is 2.38. The van der Waals surface area contributed by atoms with Gasteiger partial charge >= 0.3 is 0 Å². The largest absolute Gasteiger partial charge is 0.322 e. The monoisotopic (exact) mass is 262 g/mol. The highest BCUT2D eigenvalue weighted by atomic mass is 35.5. The molecule has 1 aromatic carbocycles. The van der Waals surface area contributed by atoms with Gasteiger partial charge in [-0.05, 0) is 31.2 Å². The summed E-state index contributed by atoms with van der Waals surface area (Å²) in [4.78, 5) is 8.00. The number of aryl methyl sites for hydroxylation is 1. The fourth-order valence-corrected chi connectivity index (χ4v) is 1.55. The number of nitrogens with one attached hydrogen (secondary N) is 1. The Morgan fingerprint density at radius 3 is 2.78 bits per heavy atom. The molecule has 2 rings (SSSR count). The van der Waals surface area contributed by atoms with E-state index in [4.69, 9.17) is 16.9 Å². The van der Waals surface area contributed by atoms with E-state index in [2.05, 4.69) is 15.3 Å². The summed E-state index contributed by atoms with van der Waals surface area (Å²) in [6.07, 6.45) is 0. The molecule has 0 saturated heterocycles. The average Bonchev–Trinajstić information content (AvgIpc) is 2.32. The lowest BCUT2D eigenvalue weighted by atomic mass is 10.3. The van der Waals surface area contributed by atoms with Crippen LogP contribution in [0, 0.1) is 24.1 Å². The number of anilines is 2. The number of hydrogen-bond acceptors (Lipinski definition) is 4. The lowest BCUT2D eigenvalue weighted by molar-refractivity contribution is 0.631. The van der Waals surface area contributed by atoms with Gasteiger partial charge in [-0.15, -0.1) is 0 Å². The number of aromatic nitrogens is 2. The maximum atomic E-state index is 13.6. The molecule has 0 saturated carbocycles. The summed E-state index contributed by atoms with van der Waals surface area (Å²) in [5, 5.41) is 11.8. The van der Waals surface area contributed by atoms with Crippen LogP contribution in [-0.4, -0.2) is 9.97 Å².